The summed E-state index contributed by atoms with van der Waals surface area (Å²) in [4.78, 5) is 22.6. The van der Waals surface area contributed by atoms with Crippen molar-refractivity contribution < 1.29 is 4.79 Å². The Morgan fingerprint density at radius 2 is 2.31 bits per heavy atom. The van der Waals surface area contributed by atoms with Crippen molar-refractivity contribution in [2.45, 2.75) is 0 Å². The van der Waals surface area contributed by atoms with Crippen molar-refractivity contribution in [1.82, 2.24) is 25.1 Å². The third kappa shape index (κ3) is 2.23. The number of carbonyl (C=O) groups is 1. The molecule has 0 saturated heterocycles. The molecule has 0 radical (unpaired) electrons. The highest BCUT2D eigenvalue weighted by molar-refractivity contribution is 6.29. The normalized spacial score (nSPS) is 10.1. The van der Waals surface area contributed by atoms with E-state index in [-0.39, 0.29) is 22.7 Å². The van der Waals surface area contributed by atoms with Crippen LogP contribution in [0.4, 0.5) is 11.8 Å². The van der Waals surface area contributed by atoms with E-state index >= 15 is 0 Å². The van der Waals surface area contributed by atoms with Gasteiger partial charge in [0, 0.05) is 6.07 Å². The monoisotopic (exact) mass is 239 g/mol. The van der Waals surface area contributed by atoms with Gasteiger partial charge in [0.25, 0.3) is 5.91 Å². The number of H-pyrrole nitrogens is 1. The average molecular weight is 240 g/mol. The molecular weight excluding hydrogens is 234 g/mol. The van der Waals surface area contributed by atoms with Crippen molar-refractivity contribution in [2.24, 2.45) is 0 Å². The maximum absolute atomic E-state index is 11.5. The van der Waals surface area contributed by atoms with E-state index in [2.05, 4.69) is 30.5 Å². The Kier molecular flexibility index (Phi) is 2.64. The number of nitrogen functional groups attached to an aromatic ring is 1. The first-order chi connectivity index (χ1) is 7.65. The highest BCUT2D eigenvalue weighted by atomic mass is 35.5. The maximum atomic E-state index is 11.5. The largest absolute Gasteiger partial charge is 0.366 e. The van der Waals surface area contributed by atoms with Gasteiger partial charge in [-0.05, 0) is 0 Å². The van der Waals surface area contributed by atoms with Crippen molar-refractivity contribution in [3.8, 4) is 0 Å². The Balaban J connectivity index is 2.13. The highest BCUT2D eigenvalue weighted by Gasteiger charge is 2.11. The van der Waals surface area contributed by atoms with Crippen molar-refractivity contribution >= 4 is 29.3 Å². The molecule has 2 rings (SSSR count). The number of anilines is 2. The molecule has 0 aliphatic carbocycles. The summed E-state index contributed by atoms with van der Waals surface area (Å²) in [6.07, 6.45) is 1.23. The molecule has 0 saturated carbocycles. The van der Waals surface area contributed by atoms with Gasteiger partial charge in [0.15, 0.2) is 0 Å². The van der Waals surface area contributed by atoms with Crippen LogP contribution in [-0.4, -0.2) is 31.1 Å². The second-order valence-corrected chi connectivity index (χ2v) is 3.11. The maximum Gasteiger partial charge on any atom is 0.294 e. The van der Waals surface area contributed by atoms with Gasteiger partial charge in [-0.15, -0.1) is 5.10 Å². The van der Waals surface area contributed by atoms with Crippen LogP contribution in [0.3, 0.4) is 0 Å². The molecule has 2 heterocycles. The van der Waals surface area contributed by atoms with Crippen molar-refractivity contribution in [3.05, 3.63) is 23.4 Å². The lowest BCUT2D eigenvalue weighted by atomic mass is 10.5. The Hall–Kier alpha value is -2.22. The van der Waals surface area contributed by atoms with Crippen LogP contribution >= 0.6 is 11.6 Å². The van der Waals surface area contributed by atoms with E-state index in [1.807, 2.05) is 0 Å². The molecule has 0 unspecified atom stereocenters. The first kappa shape index (κ1) is 10.3. The fourth-order valence-electron chi connectivity index (χ4n) is 0.954. The second-order valence-electron chi connectivity index (χ2n) is 2.72. The highest BCUT2D eigenvalue weighted by Crippen LogP contribution is 2.09. The minimum absolute atomic E-state index is 0.00719. The zero-order chi connectivity index (χ0) is 11.5. The smallest absolute Gasteiger partial charge is 0.294 e. The third-order valence-corrected chi connectivity index (χ3v) is 1.80. The van der Waals surface area contributed by atoms with E-state index in [4.69, 9.17) is 17.3 Å². The molecule has 0 fully saturated rings. The number of aromatic nitrogens is 5. The number of nitrogens with two attached hydrogens (primary N) is 1. The first-order valence-electron chi connectivity index (χ1n) is 4.12. The quantitative estimate of drug-likeness (QED) is 0.638. The summed E-state index contributed by atoms with van der Waals surface area (Å²) in [5, 5.41) is 8.56. The van der Waals surface area contributed by atoms with Crippen LogP contribution in [0.25, 0.3) is 0 Å². The minimum atomic E-state index is -0.515. The molecule has 16 heavy (non-hydrogen) atoms. The number of amides is 1. The van der Waals surface area contributed by atoms with Crippen LogP contribution < -0.4 is 11.1 Å². The molecule has 0 aliphatic rings. The van der Waals surface area contributed by atoms with Gasteiger partial charge in [-0.25, -0.2) is 9.97 Å². The van der Waals surface area contributed by atoms with Crippen molar-refractivity contribution in [2.75, 3.05) is 11.1 Å². The van der Waals surface area contributed by atoms with Crippen LogP contribution in [0.15, 0.2) is 12.4 Å². The van der Waals surface area contributed by atoms with E-state index in [0.29, 0.717) is 0 Å². The minimum Gasteiger partial charge on any atom is -0.366 e. The molecule has 2 aromatic heterocycles. The van der Waals surface area contributed by atoms with Crippen molar-refractivity contribution in [1.29, 1.82) is 0 Å². The number of nitrogens with one attached hydrogen (secondary N) is 2. The summed E-state index contributed by atoms with van der Waals surface area (Å²) in [5.74, 6) is -0.267. The number of hydrogen-bond donors (Lipinski definition) is 3. The molecular formula is C7H6ClN7O. The van der Waals surface area contributed by atoms with Gasteiger partial charge in [0.2, 0.25) is 11.8 Å². The lowest BCUT2D eigenvalue weighted by Gasteiger charge is -2.00. The first-order valence-corrected chi connectivity index (χ1v) is 4.50. The summed E-state index contributed by atoms with van der Waals surface area (Å²) in [5.41, 5.74) is 5.25. The SMILES string of the molecule is Nc1n[nH]c(C(=O)Nc2cc(Cl)ncn2)n1. The summed E-state index contributed by atoms with van der Waals surface area (Å²) >= 11 is 5.62. The Morgan fingerprint density at radius 1 is 1.50 bits per heavy atom. The van der Waals surface area contributed by atoms with Gasteiger partial charge in [-0.1, -0.05) is 11.6 Å². The number of halogens is 1. The van der Waals surface area contributed by atoms with Crippen LogP contribution in [-0.2, 0) is 0 Å². The van der Waals surface area contributed by atoms with Crippen LogP contribution in [0, 0.1) is 0 Å². The van der Waals surface area contributed by atoms with E-state index in [1.54, 1.807) is 0 Å². The molecule has 0 aromatic carbocycles. The fourth-order valence-corrected chi connectivity index (χ4v) is 1.10. The number of rotatable bonds is 2. The fraction of sp³-hybridized carbons (Fsp3) is 0. The standard InChI is InChI=1S/C7H6ClN7O/c8-3-1-4(11-2-10-3)12-6(16)5-13-7(9)15-14-5/h1-2H,(H3,9,13,14,15)(H,10,11,12,16). The molecule has 8 nitrogen and oxygen atoms in total. The molecule has 0 bridgehead atoms. The summed E-state index contributed by atoms with van der Waals surface area (Å²) in [6, 6.07) is 1.40. The van der Waals surface area contributed by atoms with E-state index in [1.165, 1.54) is 12.4 Å². The number of hydrogen-bond acceptors (Lipinski definition) is 6. The summed E-state index contributed by atoms with van der Waals surface area (Å²) in [7, 11) is 0. The van der Waals surface area contributed by atoms with E-state index < -0.39 is 5.91 Å². The molecule has 4 N–H and O–H groups in total. The molecule has 2 aromatic rings. The topological polar surface area (TPSA) is 122 Å². The van der Waals surface area contributed by atoms with Gasteiger partial charge in [0.05, 0.1) is 0 Å². The zero-order valence-corrected chi connectivity index (χ0v) is 8.56. The van der Waals surface area contributed by atoms with Crippen molar-refractivity contribution in [3.63, 3.8) is 0 Å². The Bertz CT molecular complexity index is 525. The lowest BCUT2D eigenvalue weighted by molar-refractivity contribution is 0.101. The van der Waals surface area contributed by atoms with Crippen LogP contribution in [0.1, 0.15) is 10.6 Å². The molecule has 82 valence electrons. The summed E-state index contributed by atoms with van der Waals surface area (Å²) < 4.78 is 0. The molecule has 0 aliphatic heterocycles. The number of carbonyl (C=O) groups excluding carboxylic acids is 1. The van der Waals surface area contributed by atoms with Gasteiger partial charge >= 0.3 is 0 Å². The van der Waals surface area contributed by atoms with Gasteiger partial charge in [-0.3, -0.25) is 9.89 Å². The average Bonchev–Trinajstić information content (AvgIpc) is 2.65. The predicted octanol–water partition coefficient (Wildman–Crippen LogP) is 0.0826. The van der Waals surface area contributed by atoms with Crippen LogP contribution in [0.2, 0.25) is 5.15 Å². The van der Waals surface area contributed by atoms with Crippen LogP contribution in [0.5, 0.6) is 0 Å². The number of aromatic amines is 1. The van der Waals surface area contributed by atoms with E-state index in [0.717, 1.165) is 0 Å². The molecule has 9 heteroatoms. The Labute approximate surface area is 94.3 Å². The van der Waals surface area contributed by atoms with Gasteiger partial charge in [-0.2, -0.15) is 4.98 Å². The zero-order valence-electron chi connectivity index (χ0n) is 7.81. The second kappa shape index (κ2) is 4.11. The van der Waals surface area contributed by atoms with Gasteiger partial charge in [0.1, 0.15) is 17.3 Å². The van der Waals surface area contributed by atoms with Gasteiger partial charge < -0.3 is 11.1 Å². The third-order valence-electron chi connectivity index (χ3n) is 1.59. The molecule has 1 amide bonds. The molecule has 0 atom stereocenters. The molecule has 0 spiro atoms. The Morgan fingerprint density at radius 3 is 2.94 bits per heavy atom. The lowest BCUT2D eigenvalue weighted by Crippen LogP contribution is -2.14. The summed E-state index contributed by atoms with van der Waals surface area (Å²) in [6.45, 7) is 0. The predicted molar refractivity (Wildman–Crippen MR) is 55.8 cm³/mol. The van der Waals surface area contributed by atoms with E-state index in [9.17, 15) is 4.79 Å². The number of nitrogens with zero attached hydrogens (tertiary/aromatic N) is 4.